The first-order valence-corrected chi connectivity index (χ1v) is 12.0. The van der Waals surface area contributed by atoms with Gasteiger partial charge in [-0.25, -0.2) is 4.85 Å². The van der Waals surface area contributed by atoms with E-state index in [-0.39, 0.29) is 24.5 Å². The van der Waals surface area contributed by atoms with Gasteiger partial charge in [0.1, 0.15) is 18.5 Å². The van der Waals surface area contributed by atoms with E-state index in [0.29, 0.717) is 31.0 Å². The maximum atomic E-state index is 11.6. The molecule has 35 heavy (non-hydrogen) atoms. The Morgan fingerprint density at radius 1 is 1.09 bits per heavy atom. The average Bonchev–Trinajstić information content (AvgIpc) is 2.85. The number of nitrogens with zero attached hydrogens (tertiary/aromatic N) is 1. The number of carbonyl (C=O) groups is 1. The van der Waals surface area contributed by atoms with Gasteiger partial charge in [-0.3, -0.25) is 4.79 Å². The maximum Gasteiger partial charge on any atom is 0.306 e. The van der Waals surface area contributed by atoms with Crippen molar-refractivity contribution in [1.29, 1.82) is 0 Å². The highest BCUT2D eigenvalue weighted by Gasteiger charge is 2.20. The second-order valence-corrected chi connectivity index (χ2v) is 9.31. The molecule has 6 heteroatoms. The predicted molar refractivity (Wildman–Crippen MR) is 139 cm³/mol. The lowest BCUT2D eigenvalue weighted by atomic mass is 9.93. The molecule has 2 N–H and O–H groups in total. The van der Waals surface area contributed by atoms with Gasteiger partial charge in [0.2, 0.25) is 5.69 Å². The molecule has 0 fully saturated rings. The van der Waals surface area contributed by atoms with Crippen molar-refractivity contribution >= 4 is 22.4 Å². The van der Waals surface area contributed by atoms with Crippen LogP contribution in [0.3, 0.4) is 0 Å². The number of hydrogen-bond donors (Lipinski definition) is 2. The Balaban J connectivity index is 1.49. The summed E-state index contributed by atoms with van der Waals surface area (Å²) >= 11 is 0. The quantitative estimate of drug-likeness (QED) is 0.278. The topological polar surface area (TPSA) is 72.2 Å². The molecule has 0 aliphatic heterocycles. The molecule has 1 atom stereocenters. The number of aryl methyl sites for hydroxylation is 1. The number of hydrogen-bond acceptors (Lipinski definition) is 5. The minimum atomic E-state index is -0.729. The minimum absolute atomic E-state index is 0.0732. The standard InChI is InChI=1S/C29H34N2O4/c1-5-34-28(33)15-12-21-11-14-27(26(17-21)30-4)35-20-25(32)19-31-29(2,3)18-22-10-13-23-8-6-7-9-24(23)16-22/h6-11,13-14,16-17,25,31-32H,5,12,15,18-20H2,1-3H3. The molecule has 0 saturated carbocycles. The molecule has 0 spiro atoms. The van der Waals surface area contributed by atoms with Crippen LogP contribution in [0.25, 0.3) is 15.6 Å². The smallest absolute Gasteiger partial charge is 0.306 e. The number of β-amino-alcohol motifs (C(OH)–C–C–N with tert-alkyl or cyclic N) is 1. The Labute approximate surface area is 207 Å². The summed E-state index contributed by atoms with van der Waals surface area (Å²) in [6, 6.07) is 20.1. The van der Waals surface area contributed by atoms with E-state index in [1.54, 1.807) is 19.1 Å². The van der Waals surface area contributed by atoms with E-state index in [0.717, 1.165) is 12.0 Å². The van der Waals surface area contributed by atoms with Crippen molar-refractivity contribution in [3.05, 3.63) is 83.2 Å². The van der Waals surface area contributed by atoms with Crippen LogP contribution in [0.2, 0.25) is 0 Å². The summed E-state index contributed by atoms with van der Waals surface area (Å²) in [4.78, 5) is 15.1. The van der Waals surface area contributed by atoms with Crippen molar-refractivity contribution in [2.75, 3.05) is 19.8 Å². The third-order valence-electron chi connectivity index (χ3n) is 5.77. The molecule has 0 aromatic heterocycles. The van der Waals surface area contributed by atoms with Crippen molar-refractivity contribution in [1.82, 2.24) is 5.32 Å². The number of benzene rings is 3. The van der Waals surface area contributed by atoms with Gasteiger partial charge in [0.15, 0.2) is 0 Å². The highest BCUT2D eigenvalue weighted by molar-refractivity contribution is 5.83. The lowest BCUT2D eigenvalue weighted by Gasteiger charge is -2.28. The van der Waals surface area contributed by atoms with Crippen LogP contribution in [0.5, 0.6) is 5.75 Å². The molecule has 3 rings (SSSR count). The Morgan fingerprint density at radius 2 is 1.83 bits per heavy atom. The third-order valence-corrected chi connectivity index (χ3v) is 5.77. The number of rotatable bonds is 12. The number of esters is 1. The van der Waals surface area contributed by atoms with Crippen LogP contribution in [0.1, 0.15) is 38.3 Å². The van der Waals surface area contributed by atoms with Crippen molar-refractivity contribution in [2.45, 2.75) is 51.7 Å². The van der Waals surface area contributed by atoms with Crippen molar-refractivity contribution in [3.8, 4) is 5.75 Å². The number of ether oxygens (including phenoxy) is 2. The van der Waals surface area contributed by atoms with Crippen LogP contribution in [0.4, 0.5) is 5.69 Å². The molecule has 0 saturated heterocycles. The Kier molecular flexibility index (Phi) is 9.25. The Bertz CT molecular complexity index is 1180. The number of fused-ring (bicyclic) bond motifs is 1. The zero-order valence-corrected chi connectivity index (χ0v) is 20.7. The second kappa shape index (κ2) is 12.3. The van der Waals surface area contributed by atoms with Crippen LogP contribution in [-0.4, -0.2) is 42.5 Å². The zero-order chi connectivity index (χ0) is 25.3. The van der Waals surface area contributed by atoms with Crippen LogP contribution >= 0.6 is 0 Å². The first-order chi connectivity index (χ1) is 16.8. The van der Waals surface area contributed by atoms with E-state index in [2.05, 4.69) is 54.3 Å². The first-order valence-electron chi connectivity index (χ1n) is 12.0. The van der Waals surface area contributed by atoms with E-state index in [1.165, 1.54) is 16.3 Å². The van der Waals surface area contributed by atoms with Crippen molar-refractivity contribution < 1.29 is 19.4 Å². The van der Waals surface area contributed by atoms with Gasteiger partial charge in [0.05, 0.1) is 13.2 Å². The maximum absolute atomic E-state index is 11.6. The highest BCUT2D eigenvalue weighted by Crippen LogP contribution is 2.29. The predicted octanol–water partition coefficient (Wildman–Crippen LogP) is 5.24. The fraction of sp³-hybridized carbons (Fsp3) is 0.379. The molecule has 6 nitrogen and oxygen atoms in total. The highest BCUT2D eigenvalue weighted by atomic mass is 16.5. The molecule has 3 aromatic carbocycles. The van der Waals surface area contributed by atoms with Gasteiger partial charge in [-0.15, -0.1) is 0 Å². The zero-order valence-electron chi connectivity index (χ0n) is 20.7. The molecular formula is C29H34N2O4. The van der Waals surface area contributed by atoms with Crippen molar-refractivity contribution in [3.63, 3.8) is 0 Å². The lowest BCUT2D eigenvalue weighted by molar-refractivity contribution is -0.143. The van der Waals surface area contributed by atoms with Crippen LogP contribution in [0.15, 0.2) is 60.7 Å². The Morgan fingerprint density at radius 3 is 2.57 bits per heavy atom. The van der Waals surface area contributed by atoms with Gasteiger partial charge in [-0.2, -0.15) is 0 Å². The largest absolute Gasteiger partial charge is 0.502 e. The monoisotopic (exact) mass is 474 g/mol. The summed E-state index contributed by atoms with van der Waals surface area (Å²) in [7, 11) is 0. The number of carbonyl (C=O) groups excluding carboxylic acids is 1. The van der Waals surface area contributed by atoms with Gasteiger partial charge in [0.25, 0.3) is 0 Å². The average molecular weight is 475 g/mol. The SMILES string of the molecule is [C-]#[N+]c1cc(CCC(=O)OCC)ccc1OCC(O)CNC(C)(C)Cc1ccc2ccccc2c1. The first kappa shape index (κ1) is 26.2. The molecule has 0 radical (unpaired) electrons. The molecule has 0 heterocycles. The second-order valence-electron chi connectivity index (χ2n) is 9.31. The molecule has 0 aliphatic rings. The molecule has 1 unspecified atom stereocenters. The van der Waals surface area contributed by atoms with E-state index in [9.17, 15) is 9.90 Å². The molecule has 0 aliphatic carbocycles. The van der Waals surface area contributed by atoms with Crippen molar-refractivity contribution in [2.24, 2.45) is 0 Å². The van der Waals surface area contributed by atoms with E-state index in [4.69, 9.17) is 16.0 Å². The number of aliphatic hydroxyl groups excluding tert-OH is 1. The fourth-order valence-electron chi connectivity index (χ4n) is 3.97. The van der Waals surface area contributed by atoms with Gasteiger partial charge in [-0.05, 0) is 62.1 Å². The van der Waals surface area contributed by atoms with Gasteiger partial charge in [-0.1, -0.05) is 54.1 Å². The third kappa shape index (κ3) is 8.10. The lowest BCUT2D eigenvalue weighted by Crippen LogP contribution is -2.46. The minimum Gasteiger partial charge on any atom is -0.502 e. The summed E-state index contributed by atoms with van der Waals surface area (Å²) in [5.74, 6) is 0.172. The molecule has 0 bridgehead atoms. The summed E-state index contributed by atoms with van der Waals surface area (Å²) in [6.45, 7) is 14.2. The molecule has 184 valence electrons. The van der Waals surface area contributed by atoms with E-state index < -0.39 is 6.10 Å². The normalized spacial score (nSPS) is 12.2. The van der Waals surface area contributed by atoms with Crippen LogP contribution in [-0.2, 0) is 22.4 Å². The summed E-state index contributed by atoms with van der Waals surface area (Å²) in [5, 5.41) is 16.4. The van der Waals surface area contributed by atoms with Crippen LogP contribution in [0, 0.1) is 6.57 Å². The van der Waals surface area contributed by atoms with Crippen LogP contribution < -0.4 is 10.1 Å². The Hall–Kier alpha value is -3.40. The molecule has 3 aromatic rings. The van der Waals surface area contributed by atoms with E-state index >= 15 is 0 Å². The number of aliphatic hydroxyl groups is 1. The summed E-state index contributed by atoms with van der Waals surface area (Å²) < 4.78 is 10.7. The fourth-order valence-corrected chi connectivity index (χ4v) is 3.97. The molecular weight excluding hydrogens is 440 g/mol. The number of nitrogens with one attached hydrogen (secondary N) is 1. The molecule has 0 amide bonds. The van der Waals surface area contributed by atoms with Gasteiger partial charge < -0.3 is 19.9 Å². The summed E-state index contributed by atoms with van der Waals surface area (Å²) in [6.07, 6.45) is 0.860. The van der Waals surface area contributed by atoms with Gasteiger partial charge >= 0.3 is 5.97 Å². The van der Waals surface area contributed by atoms with Gasteiger partial charge in [0, 0.05) is 18.5 Å². The van der Waals surface area contributed by atoms with E-state index in [1.807, 2.05) is 18.2 Å². The summed E-state index contributed by atoms with van der Waals surface area (Å²) in [5.41, 5.74) is 2.25.